The van der Waals surface area contributed by atoms with Gasteiger partial charge >= 0.3 is 0 Å². The van der Waals surface area contributed by atoms with E-state index in [1.165, 1.54) is 11.8 Å². The summed E-state index contributed by atoms with van der Waals surface area (Å²) in [6.45, 7) is 2.97. The fourth-order valence-corrected chi connectivity index (χ4v) is 6.12. The van der Waals surface area contributed by atoms with Crippen molar-refractivity contribution in [3.63, 3.8) is 0 Å². The molecular formula is C30H25ClFN7O3S. The number of hydrogen-bond acceptors (Lipinski definition) is 8. The van der Waals surface area contributed by atoms with Gasteiger partial charge in [0.25, 0.3) is 0 Å². The van der Waals surface area contributed by atoms with Gasteiger partial charge in [-0.15, -0.1) is 10.2 Å². The van der Waals surface area contributed by atoms with Gasteiger partial charge in [-0.1, -0.05) is 41.1 Å². The lowest BCUT2D eigenvalue weighted by Gasteiger charge is -2.23. The van der Waals surface area contributed by atoms with Crippen LogP contribution in [-0.4, -0.2) is 66.2 Å². The number of carbonyl (C=O) groups excluding carboxylic acids is 3. The largest absolute Gasteiger partial charge is 0.337 e. The Morgan fingerprint density at radius 2 is 1.88 bits per heavy atom. The van der Waals surface area contributed by atoms with E-state index in [1.54, 1.807) is 29.2 Å². The number of benzene rings is 2. The second kappa shape index (κ2) is 11.6. The summed E-state index contributed by atoms with van der Waals surface area (Å²) < 4.78 is 16.3. The molecule has 2 amide bonds. The summed E-state index contributed by atoms with van der Waals surface area (Å²) in [4.78, 5) is 40.5. The van der Waals surface area contributed by atoms with Crippen LogP contribution in [-0.2, 0) is 16.1 Å². The molecule has 0 spiro atoms. The molecule has 4 heterocycles. The van der Waals surface area contributed by atoms with Crippen molar-refractivity contribution in [3.8, 4) is 21.7 Å². The van der Waals surface area contributed by atoms with E-state index in [1.807, 2.05) is 43.3 Å². The number of carbonyl (C=O) groups is 3. The highest BCUT2D eigenvalue weighted by atomic mass is 35.5. The number of halogens is 2. The number of anilines is 1. The molecule has 1 aliphatic heterocycles. The van der Waals surface area contributed by atoms with Crippen LogP contribution in [0.4, 0.5) is 9.52 Å². The molecule has 0 saturated carbocycles. The van der Waals surface area contributed by atoms with Gasteiger partial charge in [0.2, 0.25) is 16.9 Å². The smallest absolute Gasteiger partial charge is 0.249 e. The Hall–Kier alpha value is -4.55. The molecule has 0 aliphatic carbocycles. The highest BCUT2D eigenvalue weighted by Gasteiger charge is 2.40. The van der Waals surface area contributed by atoms with E-state index in [0.29, 0.717) is 26.5 Å². The Morgan fingerprint density at radius 1 is 1.07 bits per heavy atom. The van der Waals surface area contributed by atoms with Crippen LogP contribution < -0.4 is 5.32 Å². The van der Waals surface area contributed by atoms with E-state index >= 15 is 0 Å². The van der Waals surface area contributed by atoms with E-state index in [0.717, 1.165) is 33.6 Å². The van der Waals surface area contributed by atoms with Gasteiger partial charge in [0, 0.05) is 45.2 Å². The Morgan fingerprint density at radius 3 is 2.63 bits per heavy atom. The standard InChI is InChI=1S/C30H25ClFN7O3S/c1-16-3-4-19(10-24(16)31)29-36-37-30(43-29)35-28(42)26-11-21(32)13-39(26)27(41)15-38-14-23(17(2)40)22-9-18(5-6-25(22)38)20-7-8-33-34-12-20/h3-10,12,14,21,26H,11,13,15H2,1-2H3,(H,35,37,42)/t21-,26+/m1/s1. The van der Waals surface area contributed by atoms with Crippen molar-refractivity contribution in [1.82, 2.24) is 29.9 Å². The molecule has 13 heteroatoms. The predicted molar refractivity (Wildman–Crippen MR) is 162 cm³/mol. The predicted octanol–water partition coefficient (Wildman–Crippen LogP) is 5.36. The van der Waals surface area contributed by atoms with Gasteiger partial charge in [0.1, 0.15) is 23.8 Å². The average Bonchev–Trinajstić information content (AvgIpc) is 3.72. The quantitative estimate of drug-likeness (QED) is 0.244. The lowest BCUT2D eigenvalue weighted by atomic mass is 10.0. The molecule has 1 fully saturated rings. The second-order valence-electron chi connectivity index (χ2n) is 10.4. The lowest BCUT2D eigenvalue weighted by Crippen LogP contribution is -2.44. The number of hydrogen-bond donors (Lipinski definition) is 1. The van der Waals surface area contributed by atoms with E-state index in [4.69, 9.17) is 11.6 Å². The maximum Gasteiger partial charge on any atom is 0.249 e. The minimum absolute atomic E-state index is 0.134. The summed E-state index contributed by atoms with van der Waals surface area (Å²) in [5.41, 5.74) is 4.47. The molecule has 0 unspecified atom stereocenters. The molecular weight excluding hydrogens is 593 g/mol. The number of alkyl halides is 1. The average molecular weight is 618 g/mol. The molecule has 1 N–H and O–H groups in total. The van der Waals surface area contributed by atoms with Gasteiger partial charge in [-0.3, -0.25) is 19.7 Å². The number of Topliss-reactive ketones (excluding diaryl/α,β-unsaturated/α-hetero) is 1. The number of nitrogens with zero attached hydrogens (tertiary/aromatic N) is 6. The van der Waals surface area contributed by atoms with Crippen molar-refractivity contribution in [2.45, 2.75) is 39.0 Å². The summed E-state index contributed by atoms with van der Waals surface area (Å²) in [6.07, 6.45) is 3.34. The van der Waals surface area contributed by atoms with Crippen LogP contribution in [0.1, 0.15) is 29.3 Å². The van der Waals surface area contributed by atoms with Crippen LogP contribution in [0.2, 0.25) is 5.02 Å². The van der Waals surface area contributed by atoms with Crippen LogP contribution in [0.3, 0.4) is 0 Å². The molecule has 0 radical (unpaired) electrons. The number of likely N-dealkylation sites (tertiary alicyclic amines) is 1. The monoisotopic (exact) mass is 617 g/mol. The first-order valence-corrected chi connectivity index (χ1v) is 14.6. The Bertz CT molecular complexity index is 1880. The third kappa shape index (κ3) is 5.75. The number of amides is 2. The maximum atomic E-state index is 14.6. The van der Waals surface area contributed by atoms with Gasteiger partial charge in [0.15, 0.2) is 5.78 Å². The van der Waals surface area contributed by atoms with E-state index in [2.05, 4.69) is 25.7 Å². The van der Waals surface area contributed by atoms with Gasteiger partial charge in [-0.2, -0.15) is 10.2 Å². The molecule has 43 heavy (non-hydrogen) atoms. The molecule has 3 aromatic heterocycles. The zero-order valence-electron chi connectivity index (χ0n) is 23.1. The highest BCUT2D eigenvalue weighted by molar-refractivity contribution is 7.18. The zero-order chi connectivity index (χ0) is 30.2. The molecule has 10 nitrogen and oxygen atoms in total. The molecule has 6 rings (SSSR count). The van der Waals surface area contributed by atoms with Gasteiger partial charge in [0.05, 0.1) is 18.9 Å². The molecule has 5 aromatic rings. The fraction of sp³-hybridized carbons (Fsp3) is 0.233. The Balaban J connectivity index is 1.21. The first-order valence-electron chi connectivity index (χ1n) is 13.4. The Kier molecular flexibility index (Phi) is 7.72. The van der Waals surface area contributed by atoms with Crippen molar-refractivity contribution in [2.75, 3.05) is 11.9 Å². The summed E-state index contributed by atoms with van der Waals surface area (Å²) in [5, 5.41) is 20.6. The number of rotatable bonds is 7. The summed E-state index contributed by atoms with van der Waals surface area (Å²) >= 11 is 7.38. The fourth-order valence-electron chi connectivity index (χ4n) is 5.20. The van der Waals surface area contributed by atoms with Crippen LogP contribution in [0.5, 0.6) is 0 Å². The van der Waals surface area contributed by atoms with Gasteiger partial charge in [-0.05, 0) is 49.2 Å². The highest BCUT2D eigenvalue weighted by Crippen LogP contribution is 2.31. The van der Waals surface area contributed by atoms with E-state index in [-0.39, 0.29) is 30.4 Å². The molecule has 1 saturated heterocycles. The summed E-state index contributed by atoms with van der Waals surface area (Å²) in [6, 6.07) is 11.9. The van der Waals surface area contributed by atoms with Crippen LogP contribution in [0, 0.1) is 6.92 Å². The first-order chi connectivity index (χ1) is 20.7. The second-order valence-corrected chi connectivity index (χ2v) is 11.7. The Labute approximate surface area is 254 Å². The molecule has 0 bridgehead atoms. The van der Waals surface area contributed by atoms with Crippen LogP contribution in [0.25, 0.3) is 32.6 Å². The summed E-state index contributed by atoms with van der Waals surface area (Å²) in [5.74, 6) is -1.15. The van der Waals surface area contributed by atoms with Gasteiger partial charge in [-0.25, -0.2) is 4.39 Å². The number of aryl methyl sites for hydroxylation is 1. The van der Waals surface area contributed by atoms with Crippen molar-refractivity contribution >= 4 is 56.6 Å². The first kappa shape index (κ1) is 28.6. The van der Waals surface area contributed by atoms with Crippen LogP contribution >= 0.6 is 22.9 Å². The molecule has 2 atom stereocenters. The van der Waals surface area contributed by atoms with Gasteiger partial charge < -0.3 is 9.47 Å². The molecule has 218 valence electrons. The number of fused-ring (bicyclic) bond motifs is 1. The third-order valence-electron chi connectivity index (χ3n) is 7.43. The SMILES string of the molecule is CC(=O)c1cn(CC(=O)N2C[C@H](F)C[C@H]2C(=O)Nc2nnc(-c3ccc(C)c(Cl)c3)s2)c2ccc(-c3ccnnc3)cc12. The molecule has 1 aliphatic rings. The van der Waals surface area contributed by atoms with Crippen molar-refractivity contribution in [2.24, 2.45) is 0 Å². The van der Waals surface area contributed by atoms with Crippen molar-refractivity contribution in [3.05, 3.63) is 77.2 Å². The third-order valence-corrected chi connectivity index (χ3v) is 8.73. The van der Waals surface area contributed by atoms with Crippen molar-refractivity contribution in [1.29, 1.82) is 0 Å². The van der Waals surface area contributed by atoms with Crippen molar-refractivity contribution < 1.29 is 18.8 Å². The number of ketones is 1. The number of aromatic nitrogens is 5. The lowest BCUT2D eigenvalue weighted by molar-refractivity contribution is -0.137. The molecule has 2 aromatic carbocycles. The maximum absolute atomic E-state index is 14.6. The van der Waals surface area contributed by atoms with E-state index in [9.17, 15) is 18.8 Å². The minimum atomic E-state index is -1.36. The summed E-state index contributed by atoms with van der Waals surface area (Å²) in [7, 11) is 0. The normalized spacial score (nSPS) is 16.5. The number of nitrogens with one attached hydrogen (secondary N) is 1. The van der Waals surface area contributed by atoms with Crippen LogP contribution in [0.15, 0.2) is 61.1 Å². The topological polar surface area (TPSA) is 123 Å². The zero-order valence-corrected chi connectivity index (χ0v) is 24.7. The minimum Gasteiger partial charge on any atom is -0.337 e. The van der Waals surface area contributed by atoms with E-state index < -0.39 is 24.0 Å².